The highest BCUT2D eigenvalue weighted by atomic mass is 19.4. The maximum atomic E-state index is 12.6. The summed E-state index contributed by atoms with van der Waals surface area (Å²) >= 11 is 0. The Labute approximate surface area is 183 Å². The third-order valence-electron chi connectivity index (χ3n) is 5.89. The van der Waals surface area contributed by atoms with E-state index in [-0.39, 0.29) is 11.3 Å². The average Bonchev–Trinajstić information content (AvgIpc) is 3.43. The summed E-state index contributed by atoms with van der Waals surface area (Å²) in [5.74, 6) is -1.79. The molecule has 32 heavy (non-hydrogen) atoms. The number of aliphatic carboxylic acids is 1. The Balaban J connectivity index is 0.000000360. The predicted molar refractivity (Wildman–Crippen MR) is 107 cm³/mol. The maximum absolute atomic E-state index is 12.6. The first kappa shape index (κ1) is 23.8. The van der Waals surface area contributed by atoms with E-state index in [9.17, 15) is 18.0 Å². The Morgan fingerprint density at radius 1 is 1.38 bits per heavy atom. The van der Waals surface area contributed by atoms with E-state index in [1.54, 1.807) is 18.4 Å². The molecule has 1 N–H and O–H groups in total. The standard InChI is InChI=1S/C20H24N2O3.C2HF3O2/c1-15-8-16(10-21-9-15)12-24-14-20-6-2-4-17(20)11-22(13-20)19(23)18-5-3-7-25-18;3-2(4,5)1(6)7/h3,5,7-10,17H,2,4,6,11-14H2,1H3;(H,6,7)/t17-,20+;/m1./s1. The van der Waals surface area contributed by atoms with Gasteiger partial charge in [0.05, 0.1) is 19.5 Å². The predicted octanol–water partition coefficient (Wildman–Crippen LogP) is 4.08. The first-order chi connectivity index (χ1) is 15.1. The highest BCUT2D eigenvalue weighted by Crippen LogP contribution is 2.49. The van der Waals surface area contributed by atoms with Gasteiger partial charge in [0.1, 0.15) is 0 Å². The normalized spacial score (nSPS) is 22.2. The van der Waals surface area contributed by atoms with Gasteiger partial charge in [0.15, 0.2) is 5.76 Å². The number of halogens is 3. The number of nitrogens with zero attached hydrogens (tertiary/aromatic N) is 2. The molecule has 2 atom stereocenters. The van der Waals surface area contributed by atoms with Crippen LogP contribution in [-0.2, 0) is 16.1 Å². The number of amides is 1. The molecule has 2 aromatic heterocycles. The summed E-state index contributed by atoms with van der Waals surface area (Å²) in [7, 11) is 0. The van der Waals surface area contributed by atoms with Crippen molar-refractivity contribution in [2.45, 2.75) is 39.0 Å². The molecule has 1 amide bonds. The van der Waals surface area contributed by atoms with Gasteiger partial charge < -0.3 is 19.2 Å². The van der Waals surface area contributed by atoms with Crippen molar-refractivity contribution in [3.8, 4) is 0 Å². The molecular formula is C22H25F3N2O5. The number of ether oxygens (including phenoxy) is 1. The number of likely N-dealkylation sites (tertiary alicyclic amines) is 1. The molecule has 2 aromatic rings. The fourth-order valence-electron chi connectivity index (χ4n) is 4.43. The van der Waals surface area contributed by atoms with Crippen molar-refractivity contribution in [2.75, 3.05) is 19.7 Å². The van der Waals surface area contributed by atoms with Gasteiger partial charge in [-0.3, -0.25) is 9.78 Å². The molecule has 0 spiro atoms. The summed E-state index contributed by atoms with van der Waals surface area (Å²) in [5, 5.41) is 7.12. The zero-order valence-corrected chi connectivity index (χ0v) is 17.6. The third kappa shape index (κ3) is 5.67. The van der Waals surface area contributed by atoms with Crippen LogP contribution in [0, 0.1) is 18.3 Å². The van der Waals surface area contributed by atoms with E-state index >= 15 is 0 Å². The van der Waals surface area contributed by atoms with Gasteiger partial charge in [0.2, 0.25) is 0 Å². The second-order valence-corrected chi connectivity index (χ2v) is 8.28. The number of aromatic nitrogens is 1. The fourth-order valence-corrected chi connectivity index (χ4v) is 4.43. The summed E-state index contributed by atoms with van der Waals surface area (Å²) in [6.07, 6.45) is 3.72. The van der Waals surface area contributed by atoms with E-state index in [1.807, 2.05) is 24.2 Å². The number of carbonyl (C=O) groups is 2. The number of carbonyl (C=O) groups excluding carboxylic acids is 1. The number of alkyl halides is 3. The highest BCUT2D eigenvalue weighted by Gasteiger charge is 2.51. The summed E-state index contributed by atoms with van der Waals surface area (Å²) in [4.78, 5) is 27.7. The topological polar surface area (TPSA) is 92.9 Å². The molecule has 4 rings (SSSR count). The van der Waals surface area contributed by atoms with Crippen LogP contribution in [0.15, 0.2) is 41.3 Å². The molecule has 7 nitrogen and oxygen atoms in total. The van der Waals surface area contributed by atoms with Crippen LogP contribution in [0.5, 0.6) is 0 Å². The number of pyridine rings is 1. The zero-order chi connectivity index (χ0) is 23.4. The van der Waals surface area contributed by atoms with Gasteiger partial charge in [0, 0.05) is 30.9 Å². The number of carboxylic acid groups (broad SMARTS) is 1. The van der Waals surface area contributed by atoms with Crippen molar-refractivity contribution in [2.24, 2.45) is 11.3 Å². The van der Waals surface area contributed by atoms with Crippen LogP contribution in [0.1, 0.15) is 40.9 Å². The summed E-state index contributed by atoms with van der Waals surface area (Å²) in [5.41, 5.74) is 2.35. The fraction of sp³-hybridized carbons (Fsp3) is 0.500. The molecule has 1 saturated heterocycles. The molecular weight excluding hydrogens is 429 g/mol. The summed E-state index contributed by atoms with van der Waals surface area (Å²) < 4.78 is 43.1. The van der Waals surface area contributed by atoms with Gasteiger partial charge in [-0.05, 0) is 48.9 Å². The number of rotatable bonds is 5. The smallest absolute Gasteiger partial charge is 0.475 e. The van der Waals surface area contributed by atoms with Gasteiger partial charge in [0.25, 0.3) is 5.91 Å². The van der Waals surface area contributed by atoms with Crippen LogP contribution in [0.4, 0.5) is 13.2 Å². The van der Waals surface area contributed by atoms with Crippen molar-refractivity contribution in [1.82, 2.24) is 9.88 Å². The Morgan fingerprint density at radius 3 is 2.75 bits per heavy atom. The second-order valence-electron chi connectivity index (χ2n) is 8.28. The molecule has 1 aliphatic heterocycles. The lowest BCUT2D eigenvalue weighted by molar-refractivity contribution is -0.192. The number of carboxylic acids is 1. The Kier molecular flexibility index (Phi) is 7.22. The van der Waals surface area contributed by atoms with Crippen molar-refractivity contribution in [3.63, 3.8) is 0 Å². The minimum Gasteiger partial charge on any atom is -0.475 e. The van der Waals surface area contributed by atoms with Crippen LogP contribution in [0.25, 0.3) is 0 Å². The van der Waals surface area contributed by atoms with Gasteiger partial charge in [-0.2, -0.15) is 13.2 Å². The molecule has 0 aromatic carbocycles. The molecule has 2 aliphatic rings. The summed E-state index contributed by atoms with van der Waals surface area (Å²) in [6, 6.07) is 5.61. The average molecular weight is 454 g/mol. The van der Waals surface area contributed by atoms with E-state index in [2.05, 4.69) is 11.1 Å². The molecule has 1 aliphatic carbocycles. The number of fused-ring (bicyclic) bond motifs is 1. The first-order valence-electron chi connectivity index (χ1n) is 10.2. The van der Waals surface area contributed by atoms with Crippen molar-refractivity contribution < 1.29 is 37.0 Å². The second kappa shape index (κ2) is 9.72. The van der Waals surface area contributed by atoms with E-state index in [4.69, 9.17) is 19.1 Å². The van der Waals surface area contributed by atoms with E-state index in [0.717, 1.165) is 30.6 Å². The monoisotopic (exact) mass is 454 g/mol. The Morgan fingerprint density at radius 2 is 2.12 bits per heavy atom. The number of hydrogen-bond donors (Lipinski definition) is 1. The molecule has 1 saturated carbocycles. The first-order valence-corrected chi connectivity index (χ1v) is 10.2. The molecule has 3 heterocycles. The van der Waals surface area contributed by atoms with Crippen molar-refractivity contribution >= 4 is 11.9 Å². The van der Waals surface area contributed by atoms with Crippen molar-refractivity contribution in [3.05, 3.63) is 53.7 Å². The number of hydrogen-bond acceptors (Lipinski definition) is 5. The Bertz CT molecular complexity index is 932. The van der Waals surface area contributed by atoms with Gasteiger partial charge in [-0.25, -0.2) is 4.79 Å². The third-order valence-corrected chi connectivity index (χ3v) is 5.89. The van der Waals surface area contributed by atoms with Crippen LogP contribution >= 0.6 is 0 Å². The zero-order valence-electron chi connectivity index (χ0n) is 17.6. The SMILES string of the molecule is Cc1cncc(COC[C@@]23CCC[C@@H]2CN(C(=O)c2ccco2)C3)c1.O=C(O)C(F)(F)F. The van der Waals surface area contributed by atoms with Crippen molar-refractivity contribution in [1.29, 1.82) is 0 Å². The molecule has 10 heteroatoms. The quantitative estimate of drug-likeness (QED) is 0.732. The van der Waals surface area contributed by atoms with Gasteiger partial charge in [-0.1, -0.05) is 12.5 Å². The van der Waals surface area contributed by atoms with E-state index < -0.39 is 12.1 Å². The molecule has 0 unspecified atom stereocenters. The lowest BCUT2D eigenvalue weighted by Gasteiger charge is -2.28. The number of aryl methyl sites for hydroxylation is 1. The lowest BCUT2D eigenvalue weighted by Crippen LogP contribution is -2.34. The van der Waals surface area contributed by atoms with Crippen LogP contribution < -0.4 is 0 Å². The molecule has 2 fully saturated rings. The summed E-state index contributed by atoms with van der Waals surface area (Å²) in [6.45, 7) is 4.90. The molecule has 174 valence electrons. The van der Waals surface area contributed by atoms with E-state index in [1.165, 1.54) is 12.8 Å². The van der Waals surface area contributed by atoms with Gasteiger partial charge in [-0.15, -0.1) is 0 Å². The van der Waals surface area contributed by atoms with Crippen LogP contribution in [0.3, 0.4) is 0 Å². The number of furan rings is 1. The largest absolute Gasteiger partial charge is 0.490 e. The minimum atomic E-state index is -5.08. The molecule has 0 bridgehead atoms. The Hall–Kier alpha value is -2.88. The lowest BCUT2D eigenvalue weighted by atomic mass is 9.81. The highest BCUT2D eigenvalue weighted by molar-refractivity contribution is 5.91. The van der Waals surface area contributed by atoms with E-state index in [0.29, 0.717) is 24.9 Å². The van der Waals surface area contributed by atoms with Crippen LogP contribution in [0.2, 0.25) is 0 Å². The van der Waals surface area contributed by atoms with Crippen LogP contribution in [-0.4, -0.2) is 52.7 Å². The molecule has 0 radical (unpaired) electrons. The minimum absolute atomic E-state index is 0.00154. The maximum Gasteiger partial charge on any atom is 0.490 e. The van der Waals surface area contributed by atoms with Gasteiger partial charge >= 0.3 is 12.1 Å².